The molecule has 0 radical (unpaired) electrons. The summed E-state index contributed by atoms with van der Waals surface area (Å²) in [5, 5.41) is 2.91. The molecule has 0 saturated carbocycles. The first-order chi connectivity index (χ1) is 14.7. The average Bonchev–Trinajstić information content (AvgIpc) is 3.09. The molecular weight excluding hydrogens is 422 g/mol. The van der Waals surface area contributed by atoms with Gasteiger partial charge in [-0.05, 0) is 105 Å². The van der Waals surface area contributed by atoms with Gasteiger partial charge in [-0.15, -0.1) is 0 Å². The van der Waals surface area contributed by atoms with Crippen molar-refractivity contribution in [3.63, 3.8) is 0 Å². The van der Waals surface area contributed by atoms with Crippen LogP contribution in [-0.2, 0) is 6.54 Å². The van der Waals surface area contributed by atoms with E-state index in [1.54, 1.807) is 0 Å². The Morgan fingerprint density at radius 1 is 0.486 bits per heavy atom. The molecule has 0 bridgehead atoms. The Bertz CT molecular complexity index is 1180. The van der Waals surface area contributed by atoms with Gasteiger partial charge in [0, 0.05) is 17.3 Å². The number of aromatic nitrogens is 1. The van der Waals surface area contributed by atoms with E-state index < -0.39 is 0 Å². The van der Waals surface area contributed by atoms with Crippen LogP contribution < -0.4 is 0 Å². The van der Waals surface area contributed by atoms with Crippen LogP contribution in [0.1, 0.15) is 100 Å². The van der Waals surface area contributed by atoms with Crippen molar-refractivity contribution < 1.29 is 0 Å². The minimum Gasteiger partial charge on any atom is -0.336 e. The van der Waals surface area contributed by atoms with Gasteiger partial charge in [-0.3, -0.25) is 0 Å². The first kappa shape index (κ1) is 34.6. The van der Waals surface area contributed by atoms with Crippen molar-refractivity contribution in [3.05, 3.63) is 80.4 Å². The quantitative estimate of drug-likeness (QED) is 0.270. The van der Waals surface area contributed by atoms with E-state index in [9.17, 15) is 0 Å². The molecular formula is C34H55N. The molecule has 35 heavy (non-hydrogen) atoms. The maximum atomic E-state index is 2.59. The molecule has 0 unspecified atom stereocenters. The molecule has 0 N–H and O–H groups in total. The van der Waals surface area contributed by atoms with Crippen molar-refractivity contribution in [2.45, 2.75) is 112 Å². The second kappa shape index (κ2) is 13.5. The fourth-order valence-electron chi connectivity index (χ4n) is 4.91. The van der Waals surface area contributed by atoms with E-state index >= 15 is 0 Å². The monoisotopic (exact) mass is 477 g/mol. The van der Waals surface area contributed by atoms with E-state index in [-0.39, 0.29) is 29.7 Å². The van der Waals surface area contributed by atoms with Gasteiger partial charge >= 0.3 is 0 Å². The molecule has 1 aromatic heterocycles. The molecule has 1 nitrogen and oxygen atoms in total. The third-order valence-electron chi connectivity index (χ3n) is 7.28. The normalized spacial score (nSPS) is 9.89. The van der Waals surface area contributed by atoms with Gasteiger partial charge < -0.3 is 4.57 Å². The maximum Gasteiger partial charge on any atom is 0.0529 e. The molecule has 0 atom stereocenters. The number of aryl methyl sites for hydroxylation is 4. The summed E-state index contributed by atoms with van der Waals surface area (Å²) in [6, 6.07) is 10.9. The van der Waals surface area contributed by atoms with Crippen molar-refractivity contribution in [2.75, 3.05) is 0 Å². The predicted octanol–water partition coefficient (Wildman–Crippen LogP) is 11.3. The molecule has 4 rings (SSSR count). The Morgan fingerprint density at radius 3 is 1.14 bits per heavy atom. The Balaban J connectivity index is 0. The zero-order chi connectivity index (χ0) is 23.0. The average molecular weight is 478 g/mol. The second-order valence-corrected chi connectivity index (χ2v) is 9.23. The van der Waals surface area contributed by atoms with E-state index in [1.165, 1.54) is 78.3 Å². The maximum absolute atomic E-state index is 2.59. The second-order valence-electron chi connectivity index (χ2n) is 9.23. The highest BCUT2D eigenvalue weighted by atomic mass is 15.0. The summed E-state index contributed by atoms with van der Waals surface area (Å²) in [5.41, 5.74) is 15.6. The lowest BCUT2D eigenvalue weighted by atomic mass is 9.90. The van der Waals surface area contributed by atoms with Gasteiger partial charge in [0.1, 0.15) is 0 Å². The molecule has 0 spiro atoms. The summed E-state index contributed by atoms with van der Waals surface area (Å²) in [7, 11) is 0. The molecule has 0 aliphatic rings. The van der Waals surface area contributed by atoms with Crippen LogP contribution in [0.3, 0.4) is 0 Å². The van der Waals surface area contributed by atoms with Gasteiger partial charge in [-0.25, -0.2) is 0 Å². The van der Waals surface area contributed by atoms with Gasteiger partial charge in [0.15, 0.2) is 0 Å². The largest absolute Gasteiger partial charge is 0.336 e. The summed E-state index contributed by atoms with van der Waals surface area (Å²) in [6.45, 7) is 23.5. The van der Waals surface area contributed by atoms with E-state index in [0.29, 0.717) is 0 Å². The Morgan fingerprint density at radius 2 is 0.800 bits per heavy atom. The highest BCUT2D eigenvalue weighted by molar-refractivity contribution is 6.14. The minimum absolute atomic E-state index is 0. The van der Waals surface area contributed by atoms with Gasteiger partial charge in [0.05, 0.1) is 11.0 Å². The van der Waals surface area contributed by atoms with Crippen LogP contribution in [0.5, 0.6) is 0 Å². The third-order valence-corrected chi connectivity index (χ3v) is 7.28. The Kier molecular flexibility index (Phi) is 13.4. The van der Waals surface area contributed by atoms with Crippen LogP contribution in [-0.4, -0.2) is 4.57 Å². The molecule has 196 valence electrons. The van der Waals surface area contributed by atoms with E-state index in [4.69, 9.17) is 0 Å². The summed E-state index contributed by atoms with van der Waals surface area (Å²) >= 11 is 0. The fraction of sp³-hybridized carbons (Fsp3) is 0.471. The fourth-order valence-corrected chi connectivity index (χ4v) is 4.91. The van der Waals surface area contributed by atoms with E-state index in [2.05, 4.69) is 104 Å². The summed E-state index contributed by atoms with van der Waals surface area (Å²) < 4.78 is 2.59. The summed E-state index contributed by atoms with van der Waals surface area (Å²) in [5.74, 6) is 0. The smallest absolute Gasteiger partial charge is 0.0529 e. The zero-order valence-electron chi connectivity index (χ0n) is 21.2. The molecule has 4 aromatic rings. The molecule has 1 heteroatoms. The van der Waals surface area contributed by atoms with Crippen LogP contribution in [0.4, 0.5) is 0 Å². The van der Waals surface area contributed by atoms with Crippen LogP contribution in [0.15, 0.2) is 30.3 Å². The van der Waals surface area contributed by atoms with Crippen molar-refractivity contribution in [3.8, 4) is 0 Å². The predicted molar refractivity (Wildman–Crippen MR) is 166 cm³/mol. The Hall–Kier alpha value is -2.54. The number of fused-ring (bicyclic) bond motifs is 3. The Labute approximate surface area is 218 Å². The molecule has 0 saturated heterocycles. The number of hydrogen-bond donors (Lipinski definition) is 0. The first-order valence-corrected chi connectivity index (χ1v) is 11.7. The lowest BCUT2D eigenvalue weighted by molar-refractivity contribution is 0.860. The summed E-state index contributed by atoms with van der Waals surface area (Å²) in [4.78, 5) is 0. The van der Waals surface area contributed by atoms with Crippen molar-refractivity contribution in [2.24, 2.45) is 0 Å². The molecule has 3 aromatic carbocycles. The van der Waals surface area contributed by atoms with E-state index in [0.717, 1.165) is 6.54 Å². The summed E-state index contributed by atoms with van der Waals surface area (Å²) in [6.07, 6.45) is 1.25. The van der Waals surface area contributed by atoms with Crippen LogP contribution in [0, 0.1) is 55.4 Å². The van der Waals surface area contributed by atoms with Crippen LogP contribution in [0.25, 0.3) is 21.8 Å². The van der Waals surface area contributed by atoms with Gasteiger partial charge in [0.25, 0.3) is 0 Å². The lowest BCUT2D eigenvalue weighted by Crippen LogP contribution is -2.04. The van der Waals surface area contributed by atoms with Gasteiger partial charge in [-0.1, -0.05) is 80.3 Å². The number of benzene rings is 3. The molecule has 0 fully saturated rings. The number of rotatable bonds is 2. The van der Waals surface area contributed by atoms with Gasteiger partial charge in [0.2, 0.25) is 0 Å². The lowest BCUT2D eigenvalue weighted by Gasteiger charge is -2.16. The third kappa shape index (κ3) is 5.66. The van der Waals surface area contributed by atoms with Gasteiger partial charge in [-0.2, -0.15) is 0 Å². The van der Waals surface area contributed by atoms with E-state index in [1.807, 2.05) is 0 Å². The zero-order valence-corrected chi connectivity index (χ0v) is 21.2. The number of nitrogens with zero attached hydrogens (tertiary/aromatic N) is 1. The molecule has 0 aliphatic heterocycles. The highest BCUT2D eigenvalue weighted by Crippen LogP contribution is 2.42. The van der Waals surface area contributed by atoms with Crippen molar-refractivity contribution in [1.82, 2.24) is 4.57 Å². The van der Waals surface area contributed by atoms with Crippen molar-refractivity contribution in [1.29, 1.82) is 0 Å². The molecule has 0 aliphatic carbocycles. The van der Waals surface area contributed by atoms with Crippen LogP contribution in [0.2, 0.25) is 0 Å². The number of hydrogen-bond acceptors (Lipinski definition) is 0. The highest BCUT2D eigenvalue weighted by Gasteiger charge is 2.23. The van der Waals surface area contributed by atoms with Crippen molar-refractivity contribution >= 4 is 21.8 Å². The molecule has 0 amide bonds. The first-order valence-electron chi connectivity index (χ1n) is 11.7. The standard InChI is InChI=1S/C27H31N.C3H8.4CH4/c1-15-17(3)21(7)26-24(19(15)5)25-20(6)16(2)18(4)22(8)27(25)28(26)14-23-12-10-9-11-13-23;1-3-2;;;;/h9-13H,14H2,1-8H3;3H2,1-2H3;4*1H4. The molecule has 1 heterocycles. The SMILES string of the molecule is C.C.C.C.CCC.Cc1c(C)c(C)c2c(c1C)c1c(C)c(C)c(C)c(C)c1n2Cc1ccccc1. The van der Waals surface area contributed by atoms with Crippen LogP contribution >= 0.6 is 0 Å². The minimum atomic E-state index is 0. The topological polar surface area (TPSA) is 4.93 Å².